The Bertz CT molecular complexity index is 120. The van der Waals surface area contributed by atoms with Gasteiger partial charge in [-0.25, -0.2) is 0 Å². The highest BCUT2D eigenvalue weighted by molar-refractivity contribution is 9.25. The molecule has 0 nitrogen and oxygen atoms in total. The standard InChI is InChI=1S/C7H16Br2Si2/c1-6(2)5-10-3-4-11-7(8)9/h5,7H,3-4,10-11H2,1-2H3. The third-order valence-electron chi connectivity index (χ3n) is 1.43. The second kappa shape index (κ2) is 7.77. The Kier molecular flexibility index (Phi) is 8.57. The molecule has 0 N–H and O–H groups in total. The molecule has 0 aliphatic rings. The van der Waals surface area contributed by atoms with Crippen molar-refractivity contribution in [1.29, 1.82) is 0 Å². The van der Waals surface area contributed by atoms with E-state index in [4.69, 9.17) is 0 Å². The number of alkyl halides is 2. The molecule has 0 saturated heterocycles. The molecule has 0 spiro atoms. The summed E-state index contributed by atoms with van der Waals surface area (Å²) in [6.07, 6.45) is 0. The summed E-state index contributed by atoms with van der Waals surface area (Å²) in [6, 6.07) is 3.00. The SMILES string of the molecule is CC(C)=C[SiH2]CC[SiH2]C(Br)Br. The molecule has 0 unspecified atom stereocenters. The molecule has 0 radical (unpaired) electrons. The molecule has 0 atom stereocenters. The molecule has 0 rings (SSSR count). The lowest BCUT2D eigenvalue weighted by Crippen LogP contribution is -2.00. The smallest absolute Gasteiger partial charge is 0.0551 e. The van der Waals surface area contributed by atoms with Crippen LogP contribution in [0.2, 0.25) is 12.1 Å². The molecule has 0 aromatic rings. The molecule has 0 aliphatic heterocycles. The van der Waals surface area contributed by atoms with Gasteiger partial charge in [-0.2, -0.15) is 0 Å². The van der Waals surface area contributed by atoms with Crippen LogP contribution in [0.25, 0.3) is 0 Å². The summed E-state index contributed by atoms with van der Waals surface area (Å²) < 4.78 is 0.663. The van der Waals surface area contributed by atoms with E-state index in [1.807, 2.05) is 0 Å². The second-order valence-electron chi connectivity index (χ2n) is 2.96. The Morgan fingerprint density at radius 1 is 1.36 bits per heavy atom. The Hall–Kier alpha value is 1.13. The summed E-state index contributed by atoms with van der Waals surface area (Å²) in [5.41, 5.74) is 3.97. The van der Waals surface area contributed by atoms with E-state index in [0.717, 1.165) is 0 Å². The highest BCUT2D eigenvalue weighted by Gasteiger charge is 1.96. The third kappa shape index (κ3) is 11.1. The highest BCUT2D eigenvalue weighted by atomic mass is 79.9. The molecule has 0 amide bonds. The Morgan fingerprint density at radius 2 is 2.00 bits per heavy atom. The molecule has 0 aromatic carbocycles. The first kappa shape index (κ1) is 12.1. The average Bonchev–Trinajstić information content (AvgIpc) is 1.85. The number of halogens is 2. The van der Waals surface area contributed by atoms with Crippen LogP contribution in [0.1, 0.15) is 13.8 Å². The van der Waals surface area contributed by atoms with Crippen molar-refractivity contribution in [3.8, 4) is 0 Å². The van der Waals surface area contributed by atoms with Crippen molar-refractivity contribution < 1.29 is 0 Å². The maximum atomic E-state index is 3.53. The first-order chi connectivity index (χ1) is 5.13. The van der Waals surface area contributed by atoms with Crippen LogP contribution < -0.4 is 0 Å². The minimum atomic E-state index is 0.140. The molecule has 0 bridgehead atoms. The lowest BCUT2D eigenvalue weighted by Gasteiger charge is -1.97. The summed E-state index contributed by atoms with van der Waals surface area (Å²) in [4.78, 5) is 0. The van der Waals surface area contributed by atoms with Crippen molar-refractivity contribution in [2.75, 3.05) is 0 Å². The van der Waals surface area contributed by atoms with Crippen LogP contribution in [0.5, 0.6) is 0 Å². The van der Waals surface area contributed by atoms with Gasteiger partial charge in [-0.05, 0) is 13.8 Å². The minimum Gasteiger partial charge on any atom is -0.103 e. The van der Waals surface area contributed by atoms with Crippen molar-refractivity contribution in [3.63, 3.8) is 0 Å². The first-order valence-corrected chi connectivity index (χ1v) is 9.51. The topological polar surface area (TPSA) is 0 Å². The Morgan fingerprint density at radius 3 is 2.45 bits per heavy atom. The van der Waals surface area contributed by atoms with Crippen LogP contribution >= 0.6 is 31.9 Å². The number of hydrogen-bond donors (Lipinski definition) is 0. The van der Waals surface area contributed by atoms with Crippen LogP contribution in [0.3, 0.4) is 0 Å². The lowest BCUT2D eigenvalue weighted by atomic mass is 10.4. The molecule has 0 heterocycles. The quantitative estimate of drug-likeness (QED) is 0.414. The van der Waals surface area contributed by atoms with Gasteiger partial charge in [-0.1, -0.05) is 49.5 Å². The zero-order valence-corrected chi connectivity index (χ0v) is 13.2. The van der Waals surface area contributed by atoms with E-state index in [1.165, 1.54) is 17.7 Å². The zero-order chi connectivity index (χ0) is 8.69. The summed E-state index contributed by atoms with van der Waals surface area (Å²) in [6.45, 7) is 4.39. The summed E-state index contributed by atoms with van der Waals surface area (Å²) in [7, 11) is 0.292. The summed E-state index contributed by atoms with van der Waals surface area (Å²) in [5.74, 6) is 0. The van der Waals surface area contributed by atoms with E-state index in [2.05, 4.69) is 51.4 Å². The molecule has 66 valence electrons. The molecule has 4 heteroatoms. The van der Waals surface area contributed by atoms with Crippen molar-refractivity contribution in [2.24, 2.45) is 0 Å². The van der Waals surface area contributed by atoms with Crippen LogP contribution in [0.15, 0.2) is 11.3 Å². The van der Waals surface area contributed by atoms with Gasteiger partial charge in [0.25, 0.3) is 0 Å². The van der Waals surface area contributed by atoms with Gasteiger partial charge in [0, 0.05) is 19.0 Å². The molecule has 0 fully saturated rings. The van der Waals surface area contributed by atoms with Gasteiger partial charge in [0.15, 0.2) is 0 Å². The van der Waals surface area contributed by atoms with Crippen molar-refractivity contribution in [1.82, 2.24) is 0 Å². The normalized spacial score (nSPS) is 12.5. The Balaban J connectivity index is 3.09. The van der Waals surface area contributed by atoms with Crippen molar-refractivity contribution in [3.05, 3.63) is 11.3 Å². The van der Waals surface area contributed by atoms with Crippen LogP contribution in [-0.4, -0.2) is 22.4 Å². The van der Waals surface area contributed by atoms with Gasteiger partial charge in [-0.3, -0.25) is 0 Å². The van der Waals surface area contributed by atoms with E-state index in [9.17, 15) is 0 Å². The van der Waals surface area contributed by atoms with Gasteiger partial charge in [0.1, 0.15) is 0 Å². The number of rotatable bonds is 5. The molecular formula is C7H16Br2Si2. The fraction of sp³-hybridized carbons (Fsp3) is 0.714. The van der Waals surface area contributed by atoms with Crippen LogP contribution in [-0.2, 0) is 0 Å². The maximum Gasteiger partial charge on any atom is 0.0551 e. The predicted molar refractivity (Wildman–Crippen MR) is 67.8 cm³/mol. The zero-order valence-electron chi connectivity index (χ0n) is 7.24. The van der Waals surface area contributed by atoms with E-state index in [-0.39, 0.29) is 19.0 Å². The third-order valence-corrected chi connectivity index (χ3v) is 8.53. The molecule has 0 aliphatic carbocycles. The van der Waals surface area contributed by atoms with Gasteiger partial charge >= 0.3 is 0 Å². The second-order valence-corrected chi connectivity index (χ2v) is 12.6. The van der Waals surface area contributed by atoms with E-state index in [1.54, 1.807) is 0 Å². The first-order valence-electron chi connectivity index (χ1n) is 4.04. The monoisotopic (exact) mass is 314 g/mol. The molecule has 0 saturated carbocycles. The molecular weight excluding hydrogens is 300 g/mol. The van der Waals surface area contributed by atoms with Crippen molar-refractivity contribution >= 4 is 50.9 Å². The van der Waals surface area contributed by atoms with Gasteiger partial charge < -0.3 is 0 Å². The summed E-state index contributed by atoms with van der Waals surface area (Å²) in [5, 5.41) is 0. The van der Waals surface area contributed by atoms with Crippen LogP contribution in [0, 0.1) is 0 Å². The molecule has 0 aromatic heterocycles. The fourth-order valence-corrected chi connectivity index (χ4v) is 6.18. The largest absolute Gasteiger partial charge is 0.103 e. The van der Waals surface area contributed by atoms with Gasteiger partial charge in [0.2, 0.25) is 0 Å². The number of hydrogen-bond acceptors (Lipinski definition) is 0. The minimum absolute atomic E-state index is 0.140. The number of allylic oxidation sites excluding steroid dienone is 1. The van der Waals surface area contributed by atoms with Crippen molar-refractivity contribution in [2.45, 2.75) is 29.3 Å². The lowest BCUT2D eigenvalue weighted by molar-refractivity contribution is 1.38. The van der Waals surface area contributed by atoms with Crippen LogP contribution in [0.4, 0.5) is 0 Å². The van der Waals surface area contributed by atoms with Gasteiger partial charge in [0.05, 0.1) is 3.36 Å². The average molecular weight is 316 g/mol. The molecule has 11 heavy (non-hydrogen) atoms. The van der Waals surface area contributed by atoms with Gasteiger partial charge in [-0.15, -0.1) is 5.70 Å². The Labute approximate surface area is 91.1 Å². The fourth-order valence-electron chi connectivity index (χ4n) is 0.834. The van der Waals surface area contributed by atoms with E-state index >= 15 is 0 Å². The maximum absolute atomic E-state index is 3.53. The predicted octanol–water partition coefficient (Wildman–Crippen LogP) is 2.16. The summed E-state index contributed by atoms with van der Waals surface area (Å²) >= 11 is 7.07. The van der Waals surface area contributed by atoms with E-state index < -0.39 is 0 Å². The van der Waals surface area contributed by atoms with E-state index in [0.29, 0.717) is 3.36 Å². The highest BCUT2D eigenvalue weighted by Crippen LogP contribution is 2.08.